The molecule has 0 aliphatic carbocycles. The van der Waals surface area contributed by atoms with E-state index in [2.05, 4.69) is 32.9 Å². The van der Waals surface area contributed by atoms with Crippen LogP contribution in [0.4, 0.5) is 0 Å². The van der Waals surface area contributed by atoms with E-state index in [1.54, 1.807) is 0 Å². The first kappa shape index (κ1) is 13.9. The van der Waals surface area contributed by atoms with Gasteiger partial charge in [-0.25, -0.2) is 4.68 Å². The number of hydrogen-bond donors (Lipinski definition) is 1. The van der Waals surface area contributed by atoms with Gasteiger partial charge in [-0.2, -0.15) is 5.10 Å². The van der Waals surface area contributed by atoms with E-state index in [1.807, 2.05) is 34.5 Å². The van der Waals surface area contributed by atoms with Gasteiger partial charge in [0.1, 0.15) is 5.52 Å². The second-order valence-electron chi connectivity index (χ2n) is 4.49. The fourth-order valence-corrected chi connectivity index (χ4v) is 3.04. The lowest BCUT2D eigenvalue weighted by atomic mass is 10.3. The zero-order valence-corrected chi connectivity index (χ0v) is 14.1. The highest BCUT2D eigenvalue weighted by molar-refractivity contribution is 9.10. The summed E-state index contributed by atoms with van der Waals surface area (Å²) in [6.07, 6.45) is 0.855. The van der Waals surface area contributed by atoms with Crippen molar-refractivity contribution in [3.8, 4) is 5.69 Å². The average molecular weight is 372 g/mol. The van der Waals surface area contributed by atoms with Gasteiger partial charge in [-0.15, -0.1) is 0 Å². The standard InChI is InChI=1S/C13H12BrClN4S/c1-3-10-11-12(18(2)17-10)19(13(20)16-11)7-4-5-8(14)9(15)6-7/h4-6H,3H2,1-2H3,(H,16,20). The number of aromatic amines is 1. The van der Waals surface area contributed by atoms with Gasteiger partial charge in [0.25, 0.3) is 0 Å². The highest BCUT2D eigenvalue weighted by Gasteiger charge is 2.15. The summed E-state index contributed by atoms with van der Waals surface area (Å²) in [4.78, 5) is 3.24. The number of fused-ring (bicyclic) bond motifs is 1. The van der Waals surface area contributed by atoms with Gasteiger partial charge in [-0.3, -0.25) is 4.57 Å². The van der Waals surface area contributed by atoms with E-state index in [0.29, 0.717) is 9.79 Å². The lowest BCUT2D eigenvalue weighted by Gasteiger charge is -2.06. The molecule has 0 aliphatic heterocycles. The van der Waals surface area contributed by atoms with Crippen molar-refractivity contribution >= 4 is 50.9 Å². The van der Waals surface area contributed by atoms with Crippen LogP contribution in [0.15, 0.2) is 22.7 Å². The van der Waals surface area contributed by atoms with Crippen molar-refractivity contribution < 1.29 is 0 Å². The van der Waals surface area contributed by atoms with Crippen LogP contribution in [0.1, 0.15) is 12.6 Å². The summed E-state index contributed by atoms with van der Waals surface area (Å²) in [5, 5.41) is 5.16. The number of hydrogen-bond acceptors (Lipinski definition) is 2. The quantitative estimate of drug-likeness (QED) is 0.678. The van der Waals surface area contributed by atoms with Crippen LogP contribution in [0.25, 0.3) is 16.9 Å². The first-order chi connectivity index (χ1) is 9.52. The number of halogens is 2. The largest absolute Gasteiger partial charge is 0.327 e. The van der Waals surface area contributed by atoms with Crippen molar-refractivity contribution in [2.24, 2.45) is 7.05 Å². The Labute approximate surface area is 134 Å². The third-order valence-electron chi connectivity index (χ3n) is 3.23. The summed E-state index contributed by atoms with van der Waals surface area (Å²) in [6, 6.07) is 5.76. The van der Waals surface area contributed by atoms with Gasteiger partial charge >= 0.3 is 0 Å². The van der Waals surface area contributed by atoms with Gasteiger partial charge in [0.2, 0.25) is 0 Å². The highest BCUT2D eigenvalue weighted by Crippen LogP contribution is 2.28. The molecule has 0 saturated heterocycles. The lowest BCUT2D eigenvalue weighted by molar-refractivity contribution is 0.748. The van der Waals surface area contributed by atoms with Crippen LogP contribution in [0, 0.1) is 4.77 Å². The van der Waals surface area contributed by atoms with Gasteiger partial charge in [0.15, 0.2) is 10.4 Å². The molecule has 3 aromatic rings. The molecule has 1 N–H and O–H groups in total. The lowest BCUT2D eigenvalue weighted by Crippen LogP contribution is -2.01. The molecule has 4 nitrogen and oxygen atoms in total. The van der Waals surface area contributed by atoms with Crippen LogP contribution in [-0.2, 0) is 13.5 Å². The second kappa shape index (κ2) is 5.02. The minimum absolute atomic E-state index is 0.640. The Kier molecular flexibility index (Phi) is 3.48. The topological polar surface area (TPSA) is 38.5 Å². The van der Waals surface area contributed by atoms with E-state index in [4.69, 9.17) is 23.8 Å². The normalized spacial score (nSPS) is 11.4. The number of imidazole rings is 1. The van der Waals surface area contributed by atoms with E-state index < -0.39 is 0 Å². The van der Waals surface area contributed by atoms with E-state index in [1.165, 1.54) is 0 Å². The minimum Gasteiger partial charge on any atom is -0.327 e. The van der Waals surface area contributed by atoms with Crippen molar-refractivity contribution in [1.29, 1.82) is 0 Å². The van der Waals surface area contributed by atoms with Crippen molar-refractivity contribution in [2.45, 2.75) is 13.3 Å². The maximum Gasteiger partial charge on any atom is 0.184 e. The van der Waals surface area contributed by atoms with Crippen LogP contribution in [0.5, 0.6) is 0 Å². The molecule has 3 rings (SSSR count). The number of aryl methyl sites for hydroxylation is 2. The Morgan fingerprint density at radius 1 is 1.45 bits per heavy atom. The summed E-state index contributed by atoms with van der Waals surface area (Å²) in [5.74, 6) is 0. The maximum atomic E-state index is 6.18. The smallest absolute Gasteiger partial charge is 0.184 e. The third-order valence-corrected chi connectivity index (χ3v) is 4.75. The molecule has 0 saturated carbocycles. The third kappa shape index (κ3) is 2.03. The zero-order chi connectivity index (χ0) is 14.4. The van der Waals surface area contributed by atoms with Gasteiger partial charge in [0, 0.05) is 11.5 Å². The van der Waals surface area contributed by atoms with Crippen LogP contribution < -0.4 is 0 Å². The van der Waals surface area contributed by atoms with Gasteiger partial charge < -0.3 is 4.98 Å². The first-order valence-electron chi connectivity index (χ1n) is 6.15. The first-order valence-corrected chi connectivity index (χ1v) is 7.73. The predicted octanol–water partition coefficient (Wildman–Crippen LogP) is 4.40. The van der Waals surface area contributed by atoms with Gasteiger partial charge in [-0.1, -0.05) is 18.5 Å². The molecule has 0 fully saturated rings. The van der Waals surface area contributed by atoms with Crippen LogP contribution in [-0.4, -0.2) is 19.3 Å². The minimum atomic E-state index is 0.640. The molecule has 1 aromatic carbocycles. The Bertz CT molecular complexity index is 861. The molecule has 0 bridgehead atoms. The molecule has 104 valence electrons. The van der Waals surface area contributed by atoms with E-state index in [9.17, 15) is 0 Å². The molecular formula is C13H12BrClN4S. The number of H-pyrrole nitrogens is 1. The number of nitrogens with one attached hydrogen (secondary N) is 1. The molecule has 0 radical (unpaired) electrons. The summed E-state index contributed by atoms with van der Waals surface area (Å²) in [5.41, 5.74) is 3.86. The van der Waals surface area contributed by atoms with Crippen molar-refractivity contribution in [1.82, 2.24) is 19.3 Å². The molecule has 0 amide bonds. The molecular weight excluding hydrogens is 360 g/mol. The molecule has 2 heterocycles. The van der Waals surface area contributed by atoms with E-state index in [-0.39, 0.29) is 0 Å². The number of aromatic nitrogens is 4. The number of nitrogens with zero attached hydrogens (tertiary/aromatic N) is 3. The molecule has 7 heteroatoms. The Morgan fingerprint density at radius 2 is 2.20 bits per heavy atom. The van der Waals surface area contributed by atoms with Crippen molar-refractivity contribution in [3.63, 3.8) is 0 Å². The maximum absolute atomic E-state index is 6.18. The second-order valence-corrected chi connectivity index (χ2v) is 6.13. The van der Waals surface area contributed by atoms with Crippen LogP contribution in [0.3, 0.4) is 0 Å². The summed E-state index contributed by atoms with van der Waals surface area (Å²) >= 11 is 15.0. The Hall–Kier alpha value is -1.11. The number of rotatable bonds is 2. The average Bonchev–Trinajstić information content (AvgIpc) is 2.90. The molecule has 0 spiro atoms. The highest BCUT2D eigenvalue weighted by atomic mass is 79.9. The molecule has 0 atom stereocenters. The SMILES string of the molecule is CCc1nn(C)c2c1[nH]c(=S)n2-c1ccc(Br)c(Cl)c1. The van der Waals surface area contributed by atoms with E-state index >= 15 is 0 Å². The molecule has 20 heavy (non-hydrogen) atoms. The fraction of sp³-hybridized carbons (Fsp3) is 0.231. The summed E-state index contributed by atoms with van der Waals surface area (Å²) < 4.78 is 5.30. The van der Waals surface area contributed by atoms with Crippen molar-refractivity contribution in [3.05, 3.63) is 38.2 Å². The summed E-state index contributed by atoms with van der Waals surface area (Å²) in [6.45, 7) is 2.08. The van der Waals surface area contributed by atoms with E-state index in [0.717, 1.165) is 33.4 Å². The van der Waals surface area contributed by atoms with Gasteiger partial charge in [-0.05, 0) is 52.8 Å². The van der Waals surface area contributed by atoms with Crippen molar-refractivity contribution in [2.75, 3.05) is 0 Å². The Morgan fingerprint density at radius 3 is 2.85 bits per heavy atom. The predicted molar refractivity (Wildman–Crippen MR) is 87.3 cm³/mol. The zero-order valence-electron chi connectivity index (χ0n) is 10.9. The Balaban J connectivity index is 2.35. The van der Waals surface area contributed by atoms with Crippen LogP contribution >= 0.6 is 39.7 Å². The number of benzene rings is 1. The fourth-order valence-electron chi connectivity index (χ4n) is 2.32. The molecule has 0 aliphatic rings. The van der Waals surface area contributed by atoms with Gasteiger partial charge in [0.05, 0.1) is 16.4 Å². The van der Waals surface area contributed by atoms with Crippen LogP contribution in [0.2, 0.25) is 5.02 Å². The molecule has 0 unspecified atom stereocenters. The monoisotopic (exact) mass is 370 g/mol. The molecule has 2 aromatic heterocycles. The summed E-state index contributed by atoms with van der Waals surface area (Å²) in [7, 11) is 1.92.